The zero-order chi connectivity index (χ0) is 33.5. The maximum atomic E-state index is 13.1. The molecular weight excluding hydrogens is 670 g/mol. The van der Waals surface area contributed by atoms with E-state index >= 15 is 0 Å². The Morgan fingerprint density at radius 1 is 0.851 bits per heavy atom. The first-order chi connectivity index (χ1) is 22.7. The lowest BCUT2D eigenvalue weighted by Crippen LogP contribution is -2.17. The van der Waals surface area contributed by atoms with E-state index in [0.717, 1.165) is 17.1 Å². The lowest BCUT2D eigenvalue weighted by molar-refractivity contribution is 0.0733. The fraction of sp³-hybridized carbons (Fsp3) is 0.171. The van der Waals surface area contributed by atoms with Crippen LogP contribution in [0.1, 0.15) is 43.6 Å². The van der Waals surface area contributed by atoms with Crippen LogP contribution in [0.25, 0.3) is 5.69 Å². The molecule has 0 radical (unpaired) electrons. The van der Waals surface area contributed by atoms with Crippen LogP contribution < -0.4 is 29.1 Å². The van der Waals surface area contributed by atoms with Gasteiger partial charge in [0.1, 0.15) is 23.9 Å². The van der Waals surface area contributed by atoms with Gasteiger partial charge in [0.25, 0.3) is 0 Å². The Labute approximate surface area is 279 Å². The molecule has 0 aliphatic heterocycles. The number of carbonyl (C=O) groups is 2. The molecule has 0 atom stereocenters. The van der Waals surface area contributed by atoms with Crippen molar-refractivity contribution in [3.05, 3.63) is 117 Å². The molecule has 2 aromatic heterocycles. The molecule has 2 heterocycles. The van der Waals surface area contributed by atoms with E-state index in [-0.39, 0.29) is 23.7 Å². The number of hydrogen-bond donors (Lipinski definition) is 1. The number of aromatic nitrogens is 1. The van der Waals surface area contributed by atoms with Gasteiger partial charge in [-0.2, -0.15) is 5.10 Å². The number of halogens is 1. The number of nitrogens with zero attached hydrogens (tertiary/aromatic N) is 2. The summed E-state index contributed by atoms with van der Waals surface area (Å²) in [5.74, 6) is 1.11. The van der Waals surface area contributed by atoms with Gasteiger partial charge in [-0.15, -0.1) is 0 Å². The Hall–Kier alpha value is -5.49. The molecule has 3 aromatic carbocycles. The molecule has 1 amide bonds. The number of hydrazone groups is 1. The predicted molar refractivity (Wildman–Crippen MR) is 179 cm³/mol. The van der Waals surface area contributed by atoms with Crippen LogP contribution in [0.2, 0.25) is 0 Å². The van der Waals surface area contributed by atoms with Gasteiger partial charge in [-0.3, -0.25) is 4.79 Å². The second-order valence-corrected chi connectivity index (χ2v) is 11.1. The first-order valence-corrected chi connectivity index (χ1v) is 15.1. The van der Waals surface area contributed by atoms with Gasteiger partial charge in [-0.1, -0.05) is 15.9 Å². The smallest absolute Gasteiger partial charge is 0.343 e. The third-order valence-electron chi connectivity index (χ3n) is 7.08. The largest absolute Gasteiger partial charge is 0.493 e. The molecule has 1 N–H and O–H groups in total. The lowest BCUT2D eigenvalue weighted by atomic mass is 10.1. The molecule has 0 saturated heterocycles. The second kappa shape index (κ2) is 14.7. The molecule has 5 rings (SSSR count). The highest BCUT2D eigenvalue weighted by Gasteiger charge is 2.19. The number of furan rings is 1. The monoisotopic (exact) mass is 701 g/mol. The van der Waals surface area contributed by atoms with Crippen LogP contribution in [-0.2, 0) is 6.61 Å². The number of aryl methyl sites for hydroxylation is 2. The highest BCUT2D eigenvalue weighted by atomic mass is 79.9. The van der Waals surface area contributed by atoms with E-state index in [1.807, 2.05) is 24.3 Å². The number of carbonyl (C=O) groups excluding carboxylic acids is 2. The number of methoxy groups -OCH3 is 3. The van der Waals surface area contributed by atoms with E-state index in [2.05, 4.69) is 57.0 Å². The normalized spacial score (nSPS) is 10.9. The van der Waals surface area contributed by atoms with Gasteiger partial charge >= 0.3 is 11.9 Å². The van der Waals surface area contributed by atoms with Gasteiger partial charge in [0.2, 0.25) is 5.75 Å². The minimum atomic E-state index is -0.669. The summed E-state index contributed by atoms with van der Waals surface area (Å²) in [6.07, 6.45) is 1.35. The maximum Gasteiger partial charge on any atom is 0.343 e. The Morgan fingerprint density at radius 2 is 1.53 bits per heavy atom. The van der Waals surface area contributed by atoms with Crippen molar-refractivity contribution in [3.63, 3.8) is 0 Å². The first kappa shape index (κ1) is 32.9. The van der Waals surface area contributed by atoms with Gasteiger partial charge in [0.05, 0.1) is 33.1 Å². The van der Waals surface area contributed by atoms with Gasteiger partial charge in [0, 0.05) is 27.1 Å². The molecule has 0 bridgehead atoms. The molecule has 0 fully saturated rings. The van der Waals surface area contributed by atoms with Crippen molar-refractivity contribution in [2.45, 2.75) is 20.5 Å². The number of hydrogen-bond acceptors (Lipinski definition) is 9. The van der Waals surface area contributed by atoms with Crippen LogP contribution >= 0.6 is 15.9 Å². The SMILES string of the molecule is COc1cc(C(=O)Oc2ccc(Br)cc2/C=N\NC(=O)c2ccc(COc3ccc(-n4c(C)ccc4C)cc3)o2)cc(OC)c1OC. The van der Waals surface area contributed by atoms with Gasteiger partial charge in [-0.05, 0) is 92.7 Å². The minimum absolute atomic E-state index is 0.0537. The predicted octanol–water partition coefficient (Wildman–Crippen LogP) is 7.04. The van der Waals surface area contributed by atoms with Crippen LogP contribution in [-0.4, -0.2) is 44.0 Å². The molecule has 11 nitrogen and oxygen atoms in total. The van der Waals surface area contributed by atoms with Crippen molar-refractivity contribution in [3.8, 4) is 34.4 Å². The van der Waals surface area contributed by atoms with Gasteiger partial charge in [0.15, 0.2) is 17.3 Å². The van der Waals surface area contributed by atoms with Crippen molar-refractivity contribution < 1.29 is 37.7 Å². The number of benzene rings is 3. The van der Waals surface area contributed by atoms with E-state index in [4.69, 9.17) is 28.1 Å². The third kappa shape index (κ3) is 7.67. The first-order valence-electron chi connectivity index (χ1n) is 14.3. The van der Waals surface area contributed by atoms with Gasteiger partial charge < -0.3 is 32.7 Å². The number of ether oxygens (including phenoxy) is 5. The van der Waals surface area contributed by atoms with Crippen LogP contribution in [0.3, 0.4) is 0 Å². The summed E-state index contributed by atoms with van der Waals surface area (Å²) in [7, 11) is 4.37. The van der Waals surface area contributed by atoms with E-state index in [0.29, 0.717) is 38.8 Å². The molecule has 242 valence electrons. The number of amides is 1. The summed E-state index contributed by atoms with van der Waals surface area (Å²) in [6.45, 7) is 4.25. The zero-order valence-electron chi connectivity index (χ0n) is 26.3. The Bertz CT molecular complexity index is 1880. The van der Waals surface area contributed by atoms with Gasteiger partial charge in [-0.25, -0.2) is 10.2 Å². The van der Waals surface area contributed by atoms with Crippen LogP contribution in [0.15, 0.2) is 92.9 Å². The number of rotatable bonds is 12. The summed E-state index contributed by atoms with van der Waals surface area (Å²) in [5.41, 5.74) is 6.36. The summed E-state index contributed by atoms with van der Waals surface area (Å²) in [4.78, 5) is 25.8. The molecule has 0 aliphatic rings. The van der Waals surface area contributed by atoms with Crippen molar-refractivity contribution in [1.82, 2.24) is 9.99 Å². The van der Waals surface area contributed by atoms with E-state index in [1.54, 1.807) is 24.3 Å². The molecule has 0 saturated carbocycles. The molecular formula is C35H32BrN3O8. The average molecular weight is 703 g/mol. The Kier molecular flexibility index (Phi) is 10.3. The Balaban J connectivity index is 1.20. The van der Waals surface area contributed by atoms with Crippen LogP contribution in [0.5, 0.6) is 28.7 Å². The summed E-state index contributed by atoms with van der Waals surface area (Å²) in [6, 6.07) is 23.1. The van der Waals surface area contributed by atoms with E-state index in [9.17, 15) is 9.59 Å². The summed E-state index contributed by atoms with van der Waals surface area (Å²) >= 11 is 3.41. The minimum Gasteiger partial charge on any atom is -0.493 e. The summed E-state index contributed by atoms with van der Waals surface area (Å²) in [5, 5.41) is 4.04. The standard InChI is InChI=1S/C35H32BrN3O8/c1-21-6-7-22(2)39(21)26-9-11-27(12-10-26)45-20-28-13-15-30(46-28)34(40)38-37-19-24-16-25(36)8-14-29(24)47-35(41)23-17-31(42-3)33(44-5)32(18-23)43-4/h6-19H,20H2,1-5H3,(H,38,40)/b37-19-. The second-order valence-electron chi connectivity index (χ2n) is 10.2. The van der Waals surface area contributed by atoms with E-state index in [1.165, 1.54) is 45.7 Å². The molecule has 12 heteroatoms. The van der Waals surface area contributed by atoms with Crippen molar-refractivity contribution in [2.75, 3.05) is 21.3 Å². The van der Waals surface area contributed by atoms with Crippen LogP contribution in [0.4, 0.5) is 0 Å². The highest BCUT2D eigenvalue weighted by molar-refractivity contribution is 9.10. The molecule has 47 heavy (non-hydrogen) atoms. The highest BCUT2D eigenvalue weighted by Crippen LogP contribution is 2.38. The average Bonchev–Trinajstić information content (AvgIpc) is 3.70. The molecule has 0 spiro atoms. The molecule has 5 aromatic rings. The lowest BCUT2D eigenvalue weighted by Gasteiger charge is -2.14. The van der Waals surface area contributed by atoms with Crippen molar-refractivity contribution in [2.24, 2.45) is 5.10 Å². The quantitative estimate of drug-likeness (QED) is 0.0636. The number of nitrogens with one attached hydrogen (secondary N) is 1. The van der Waals surface area contributed by atoms with Crippen molar-refractivity contribution in [1.29, 1.82) is 0 Å². The molecule has 0 unspecified atom stereocenters. The maximum absolute atomic E-state index is 13.1. The van der Waals surface area contributed by atoms with Crippen LogP contribution in [0, 0.1) is 13.8 Å². The fourth-order valence-electron chi connectivity index (χ4n) is 4.79. The molecule has 0 aliphatic carbocycles. The summed E-state index contributed by atoms with van der Waals surface area (Å²) < 4.78 is 36.0. The van der Waals surface area contributed by atoms with Crippen molar-refractivity contribution >= 4 is 34.0 Å². The third-order valence-corrected chi connectivity index (χ3v) is 7.57. The zero-order valence-corrected chi connectivity index (χ0v) is 27.9. The topological polar surface area (TPSA) is 123 Å². The number of esters is 1. The Morgan fingerprint density at radius 3 is 2.17 bits per heavy atom. The fourth-order valence-corrected chi connectivity index (χ4v) is 5.16. The van der Waals surface area contributed by atoms with E-state index < -0.39 is 11.9 Å².